The highest BCUT2D eigenvalue weighted by molar-refractivity contribution is 14.0. The molecule has 0 aliphatic rings. The van der Waals surface area contributed by atoms with E-state index in [9.17, 15) is 0 Å². The van der Waals surface area contributed by atoms with Crippen molar-refractivity contribution in [2.24, 2.45) is 4.99 Å². The van der Waals surface area contributed by atoms with Crippen molar-refractivity contribution >= 4 is 29.9 Å². The van der Waals surface area contributed by atoms with E-state index < -0.39 is 0 Å². The van der Waals surface area contributed by atoms with Gasteiger partial charge in [0.05, 0.1) is 19.3 Å². The fourth-order valence-corrected chi connectivity index (χ4v) is 1.33. The SMILES string of the molecule is C=CCNC(=NCc1cccc(OC)n1)NCC.I. The van der Waals surface area contributed by atoms with Crippen LogP contribution in [-0.4, -0.2) is 31.1 Å². The lowest BCUT2D eigenvalue weighted by Gasteiger charge is -2.09. The van der Waals surface area contributed by atoms with Gasteiger partial charge in [-0.1, -0.05) is 12.1 Å². The third-order valence-corrected chi connectivity index (χ3v) is 2.15. The lowest BCUT2D eigenvalue weighted by molar-refractivity contribution is 0.396. The normalized spacial score (nSPS) is 10.3. The van der Waals surface area contributed by atoms with Gasteiger partial charge in [0, 0.05) is 19.2 Å². The van der Waals surface area contributed by atoms with Crippen LogP contribution in [0.1, 0.15) is 12.6 Å². The van der Waals surface area contributed by atoms with Crippen LogP contribution in [0.3, 0.4) is 0 Å². The van der Waals surface area contributed by atoms with Gasteiger partial charge in [-0.2, -0.15) is 0 Å². The van der Waals surface area contributed by atoms with Gasteiger partial charge in [-0.3, -0.25) is 0 Å². The summed E-state index contributed by atoms with van der Waals surface area (Å²) in [5, 5.41) is 6.28. The Balaban J connectivity index is 0.00000324. The monoisotopic (exact) mass is 376 g/mol. The fraction of sp³-hybridized carbons (Fsp3) is 0.385. The Morgan fingerprint density at radius 3 is 2.89 bits per heavy atom. The number of ether oxygens (including phenoxy) is 1. The molecule has 0 radical (unpaired) electrons. The van der Waals surface area contributed by atoms with Crippen LogP contribution in [0.25, 0.3) is 0 Å². The number of pyridine rings is 1. The standard InChI is InChI=1S/C13H20N4O.HI/c1-4-9-15-13(14-5-2)16-10-11-7-6-8-12(17-11)18-3;/h4,6-8H,1,5,9-10H2,2-3H3,(H2,14,15,16);1H. The molecule has 19 heavy (non-hydrogen) atoms. The first-order valence-corrected chi connectivity index (χ1v) is 5.93. The molecular formula is C13H21IN4O. The molecule has 1 heterocycles. The van der Waals surface area contributed by atoms with Crippen molar-refractivity contribution in [2.75, 3.05) is 20.2 Å². The van der Waals surface area contributed by atoms with Gasteiger partial charge in [0.15, 0.2) is 5.96 Å². The number of rotatable bonds is 6. The third kappa shape index (κ3) is 7.00. The molecule has 0 aliphatic heterocycles. The molecule has 1 rings (SSSR count). The van der Waals surface area contributed by atoms with E-state index in [1.54, 1.807) is 13.2 Å². The Morgan fingerprint density at radius 2 is 2.26 bits per heavy atom. The predicted octanol–water partition coefficient (Wildman–Crippen LogP) is 1.95. The van der Waals surface area contributed by atoms with E-state index in [0.29, 0.717) is 19.0 Å². The number of aliphatic imine (C=N–C) groups is 1. The van der Waals surface area contributed by atoms with E-state index in [1.165, 1.54) is 0 Å². The van der Waals surface area contributed by atoms with Crippen LogP contribution in [0.2, 0.25) is 0 Å². The van der Waals surface area contributed by atoms with Crippen molar-refractivity contribution < 1.29 is 4.74 Å². The lowest BCUT2D eigenvalue weighted by atomic mass is 10.3. The molecule has 5 nitrogen and oxygen atoms in total. The van der Waals surface area contributed by atoms with E-state index in [0.717, 1.165) is 18.2 Å². The highest BCUT2D eigenvalue weighted by atomic mass is 127. The van der Waals surface area contributed by atoms with Crippen LogP contribution in [0, 0.1) is 0 Å². The molecular weight excluding hydrogens is 355 g/mol. The van der Waals surface area contributed by atoms with Gasteiger partial charge in [0.25, 0.3) is 0 Å². The molecule has 106 valence electrons. The van der Waals surface area contributed by atoms with E-state index in [2.05, 4.69) is 27.2 Å². The fourth-order valence-electron chi connectivity index (χ4n) is 1.33. The Kier molecular flexibility index (Phi) is 9.87. The maximum Gasteiger partial charge on any atom is 0.213 e. The number of nitrogens with zero attached hydrogens (tertiary/aromatic N) is 2. The molecule has 2 N–H and O–H groups in total. The number of guanidine groups is 1. The van der Waals surface area contributed by atoms with Crippen LogP contribution in [0.5, 0.6) is 5.88 Å². The second-order valence-electron chi connectivity index (χ2n) is 3.54. The molecule has 0 saturated carbocycles. The van der Waals surface area contributed by atoms with Crippen LogP contribution < -0.4 is 15.4 Å². The summed E-state index contributed by atoms with van der Waals surface area (Å²) in [5.41, 5.74) is 0.866. The first kappa shape index (κ1) is 17.7. The van der Waals surface area contributed by atoms with Gasteiger partial charge < -0.3 is 15.4 Å². The van der Waals surface area contributed by atoms with E-state index in [1.807, 2.05) is 25.1 Å². The third-order valence-electron chi connectivity index (χ3n) is 2.15. The average Bonchev–Trinajstić information content (AvgIpc) is 2.42. The summed E-state index contributed by atoms with van der Waals surface area (Å²) in [7, 11) is 1.60. The highest BCUT2D eigenvalue weighted by Gasteiger charge is 1.98. The van der Waals surface area contributed by atoms with Crippen molar-refractivity contribution in [3.8, 4) is 5.88 Å². The average molecular weight is 376 g/mol. The van der Waals surface area contributed by atoms with Crippen molar-refractivity contribution in [3.63, 3.8) is 0 Å². The summed E-state index contributed by atoms with van der Waals surface area (Å²) in [6.07, 6.45) is 1.79. The van der Waals surface area contributed by atoms with E-state index in [4.69, 9.17) is 4.74 Å². The maximum absolute atomic E-state index is 5.07. The summed E-state index contributed by atoms with van der Waals surface area (Å²) in [6, 6.07) is 5.64. The van der Waals surface area contributed by atoms with Crippen LogP contribution in [0.4, 0.5) is 0 Å². The van der Waals surface area contributed by atoms with Gasteiger partial charge >= 0.3 is 0 Å². The first-order chi connectivity index (χ1) is 8.80. The number of hydrogen-bond acceptors (Lipinski definition) is 3. The Hall–Kier alpha value is -1.31. The molecule has 0 amide bonds. The van der Waals surface area contributed by atoms with Crippen LogP contribution >= 0.6 is 24.0 Å². The molecule has 1 aromatic heterocycles. The van der Waals surface area contributed by atoms with Crippen LogP contribution in [0.15, 0.2) is 35.8 Å². The molecule has 0 unspecified atom stereocenters. The molecule has 0 aliphatic carbocycles. The molecule has 0 spiro atoms. The Bertz CT molecular complexity index is 409. The highest BCUT2D eigenvalue weighted by Crippen LogP contribution is 2.07. The first-order valence-electron chi connectivity index (χ1n) is 5.93. The summed E-state index contributed by atoms with van der Waals surface area (Å²) < 4.78 is 5.07. The minimum Gasteiger partial charge on any atom is -0.481 e. The second kappa shape index (κ2) is 10.6. The number of aromatic nitrogens is 1. The zero-order valence-corrected chi connectivity index (χ0v) is 13.7. The zero-order chi connectivity index (χ0) is 13.2. The molecule has 0 bridgehead atoms. The number of methoxy groups -OCH3 is 1. The Morgan fingerprint density at radius 1 is 1.47 bits per heavy atom. The lowest BCUT2D eigenvalue weighted by Crippen LogP contribution is -2.37. The molecule has 6 heteroatoms. The summed E-state index contributed by atoms with van der Waals surface area (Å²) in [4.78, 5) is 8.72. The van der Waals surface area contributed by atoms with Gasteiger partial charge in [0.2, 0.25) is 5.88 Å². The van der Waals surface area contributed by atoms with Crippen molar-refractivity contribution in [1.82, 2.24) is 15.6 Å². The largest absolute Gasteiger partial charge is 0.481 e. The van der Waals surface area contributed by atoms with Gasteiger partial charge in [-0.05, 0) is 13.0 Å². The van der Waals surface area contributed by atoms with E-state index >= 15 is 0 Å². The van der Waals surface area contributed by atoms with E-state index in [-0.39, 0.29) is 24.0 Å². The Labute approximate surface area is 131 Å². The molecule has 1 aromatic rings. The van der Waals surface area contributed by atoms with Gasteiger partial charge in [0.1, 0.15) is 0 Å². The maximum atomic E-state index is 5.07. The van der Waals surface area contributed by atoms with Gasteiger partial charge in [-0.25, -0.2) is 9.98 Å². The number of hydrogen-bond donors (Lipinski definition) is 2. The zero-order valence-electron chi connectivity index (χ0n) is 11.3. The quantitative estimate of drug-likeness (QED) is 0.345. The summed E-state index contributed by atoms with van der Waals surface area (Å²) in [5.74, 6) is 1.36. The topological polar surface area (TPSA) is 58.5 Å². The minimum atomic E-state index is 0. The summed E-state index contributed by atoms with van der Waals surface area (Å²) in [6.45, 7) is 7.68. The molecule has 0 saturated heterocycles. The van der Waals surface area contributed by atoms with Crippen LogP contribution in [-0.2, 0) is 6.54 Å². The van der Waals surface area contributed by atoms with Crippen molar-refractivity contribution in [1.29, 1.82) is 0 Å². The van der Waals surface area contributed by atoms with Gasteiger partial charge in [-0.15, -0.1) is 30.6 Å². The van der Waals surface area contributed by atoms with Crippen molar-refractivity contribution in [2.45, 2.75) is 13.5 Å². The molecule has 0 aromatic carbocycles. The number of halogens is 1. The molecule has 0 fully saturated rings. The molecule has 0 atom stereocenters. The smallest absolute Gasteiger partial charge is 0.213 e. The predicted molar refractivity (Wildman–Crippen MR) is 89.2 cm³/mol. The number of nitrogens with one attached hydrogen (secondary N) is 2. The minimum absolute atomic E-state index is 0. The van der Waals surface area contributed by atoms with Crippen molar-refractivity contribution in [3.05, 3.63) is 36.5 Å². The second-order valence-corrected chi connectivity index (χ2v) is 3.54. The summed E-state index contributed by atoms with van der Waals surface area (Å²) >= 11 is 0.